The van der Waals surface area contributed by atoms with Gasteiger partial charge in [0.1, 0.15) is 0 Å². The van der Waals surface area contributed by atoms with Gasteiger partial charge in [0.05, 0.1) is 10.5 Å². The third-order valence-corrected chi connectivity index (χ3v) is 4.35. The van der Waals surface area contributed by atoms with Crippen LogP contribution in [0.3, 0.4) is 0 Å². The largest absolute Gasteiger partial charge is 0.372 e. The summed E-state index contributed by atoms with van der Waals surface area (Å²) in [4.78, 5) is 24.4. The summed E-state index contributed by atoms with van der Waals surface area (Å²) in [5.41, 5.74) is 1.02. The molecule has 1 saturated heterocycles. The molecule has 0 saturated carbocycles. The highest BCUT2D eigenvalue weighted by Gasteiger charge is 2.21. The second-order valence-electron chi connectivity index (χ2n) is 5.71. The van der Waals surface area contributed by atoms with Crippen LogP contribution < -0.4 is 4.90 Å². The molecule has 1 aromatic carbocycles. The van der Waals surface area contributed by atoms with E-state index in [1.807, 2.05) is 0 Å². The maximum absolute atomic E-state index is 11.6. The topological polar surface area (TPSA) is 63.4 Å². The number of rotatable bonds is 4. The van der Waals surface area contributed by atoms with Crippen molar-refractivity contribution in [1.82, 2.24) is 0 Å². The molecule has 1 fully saturated rings. The van der Waals surface area contributed by atoms with E-state index in [1.165, 1.54) is 25.8 Å². The zero-order valence-electron chi connectivity index (χ0n) is 12.7. The van der Waals surface area contributed by atoms with Gasteiger partial charge in [-0.25, -0.2) is 0 Å². The predicted octanol–water partition coefficient (Wildman–Crippen LogP) is 3.81. The Labute approximate surface area is 125 Å². The molecule has 0 N–H and O–H groups in total. The molecule has 1 unspecified atom stereocenters. The average Bonchev–Trinajstić information content (AvgIpc) is 2.71. The number of nitro groups is 1. The second-order valence-corrected chi connectivity index (χ2v) is 5.71. The number of anilines is 1. The van der Waals surface area contributed by atoms with Gasteiger partial charge in [0.2, 0.25) is 0 Å². The summed E-state index contributed by atoms with van der Waals surface area (Å²) in [6, 6.07) is 4.89. The zero-order chi connectivity index (χ0) is 15.4. The molecule has 0 spiro atoms. The standard InChI is InChI=1S/C16H22N2O3/c1-3-13-5-4-9-17(10-8-13)14-6-7-16(18(20)21)15(11-14)12(2)19/h6-7,11,13H,3-5,8-10H2,1-2H3. The molecule has 114 valence electrons. The predicted molar refractivity (Wildman–Crippen MR) is 82.9 cm³/mol. The summed E-state index contributed by atoms with van der Waals surface area (Å²) in [7, 11) is 0. The van der Waals surface area contributed by atoms with Gasteiger partial charge in [-0.3, -0.25) is 14.9 Å². The first-order valence-corrected chi connectivity index (χ1v) is 7.57. The van der Waals surface area contributed by atoms with E-state index in [4.69, 9.17) is 0 Å². The van der Waals surface area contributed by atoms with Crippen molar-refractivity contribution in [2.45, 2.75) is 39.5 Å². The molecule has 0 aromatic heterocycles. The minimum atomic E-state index is -0.490. The number of nitrogens with zero attached hydrogens (tertiary/aromatic N) is 2. The van der Waals surface area contributed by atoms with E-state index in [-0.39, 0.29) is 17.0 Å². The molecule has 21 heavy (non-hydrogen) atoms. The van der Waals surface area contributed by atoms with Crippen molar-refractivity contribution in [3.8, 4) is 0 Å². The SMILES string of the molecule is CCC1CCCN(c2ccc([N+](=O)[O-])c(C(C)=O)c2)CC1. The molecule has 1 atom stereocenters. The summed E-state index contributed by atoms with van der Waals surface area (Å²) in [5.74, 6) is 0.505. The van der Waals surface area contributed by atoms with Crippen LogP contribution in [0.5, 0.6) is 0 Å². The molecule has 1 aromatic rings. The molecule has 0 aliphatic carbocycles. The van der Waals surface area contributed by atoms with Crippen LogP contribution >= 0.6 is 0 Å². The van der Waals surface area contributed by atoms with Gasteiger partial charge in [0, 0.05) is 24.8 Å². The number of ketones is 1. The second kappa shape index (κ2) is 6.70. The van der Waals surface area contributed by atoms with Crippen LogP contribution in [0.25, 0.3) is 0 Å². The third-order valence-electron chi connectivity index (χ3n) is 4.35. The molecule has 2 rings (SSSR count). The molecule has 5 heteroatoms. The lowest BCUT2D eigenvalue weighted by Gasteiger charge is -2.23. The minimum Gasteiger partial charge on any atom is -0.372 e. The first-order chi connectivity index (χ1) is 10.0. The number of benzene rings is 1. The number of hydrogen-bond donors (Lipinski definition) is 0. The van der Waals surface area contributed by atoms with E-state index in [0.29, 0.717) is 0 Å². The Morgan fingerprint density at radius 3 is 2.76 bits per heavy atom. The van der Waals surface area contributed by atoms with E-state index in [1.54, 1.807) is 12.1 Å². The summed E-state index contributed by atoms with van der Waals surface area (Å²) < 4.78 is 0. The van der Waals surface area contributed by atoms with Crippen molar-refractivity contribution in [3.63, 3.8) is 0 Å². The molecule has 0 bridgehead atoms. The smallest absolute Gasteiger partial charge is 0.280 e. The highest BCUT2D eigenvalue weighted by atomic mass is 16.6. The number of hydrogen-bond acceptors (Lipinski definition) is 4. The quantitative estimate of drug-likeness (QED) is 0.480. The zero-order valence-corrected chi connectivity index (χ0v) is 12.7. The lowest BCUT2D eigenvalue weighted by Crippen LogP contribution is -2.24. The molecule has 0 amide bonds. The van der Waals surface area contributed by atoms with Crippen molar-refractivity contribution in [2.24, 2.45) is 5.92 Å². The van der Waals surface area contributed by atoms with Crippen LogP contribution in [-0.4, -0.2) is 23.8 Å². The fraction of sp³-hybridized carbons (Fsp3) is 0.562. The van der Waals surface area contributed by atoms with Gasteiger partial charge in [-0.05, 0) is 44.2 Å². The number of carbonyl (C=O) groups excluding carboxylic acids is 1. The highest BCUT2D eigenvalue weighted by Crippen LogP contribution is 2.28. The van der Waals surface area contributed by atoms with Crippen LogP contribution in [0, 0.1) is 16.0 Å². The van der Waals surface area contributed by atoms with Gasteiger partial charge in [-0.2, -0.15) is 0 Å². The van der Waals surface area contributed by atoms with Gasteiger partial charge in [0.25, 0.3) is 5.69 Å². The number of carbonyl (C=O) groups is 1. The molecular weight excluding hydrogens is 268 g/mol. The van der Waals surface area contributed by atoms with Crippen LogP contribution in [0.15, 0.2) is 18.2 Å². The van der Waals surface area contributed by atoms with Crippen molar-refractivity contribution in [2.75, 3.05) is 18.0 Å². The molecule has 1 aliphatic heterocycles. The molecule has 0 radical (unpaired) electrons. The van der Waals surface area contributed by atoms with Crippen LogP contribution in [0.1, 0.15) is 49.9 Å². The molecule has 1 aliphatic rings. The summed E-state index contributed by atoms with van der Waals surface area (Å²) in [6.45, 7) is 5.50. The van der Waals surface area contributed by atoms with Gasteiger partial charge in [-0.1, -0.05) is 13.3 Å². The molecular formula is C16H22N2O3. The molecule has 1 heterocycles. The van der Waals surface area contributed by atoms with Crippen molar-refractivity contribution in [1.29, 1.82) is 0 Å². The first-order valence-electron chi connectivity index (χ1n) is 7.57. The van der Waals surface area contributed by atoms with E-state index in [9.17, 15) is 14.9 Å². The van der Waals surface area contributed by atoms with E-state index in [2.05, 4.69) is 11.8 Å². The Bertz CT molecular complexity index is 542. The minimum absolute atomic E-state index is 0.104. The van der Waals surface area contributed by atoms with Gasteiger partial charge in [0.15, 0.2) is 5.78 Å². The van der Waals surface area contributed by atoms with Crippen molar-refractivity contribution < 1.29 is 9.72 Å². The van der Waals surface area contributed by atoms with Gasteiger partial charge >= 0.3 is 0 Å². The van der Waals surface area contributed by atoms with Gasteiger partial charge < -0.3 is 4.90 Å². The summed E-state index contributed by atoms with van der Waals surface area (Å²) >= 11 is 0. The van der Waals surface area contributed by atoms with Crippen molar-refractivity contribution in [3.05, 3.63) is 33.9 Å². The van der Waals surface area contributed by atoms with Crippen LogP contribution in [0.2, 0.25) is 0 Å². The van der Waals surface area contributed by atoms with E-state index < -0.39 is 4.92 Å². The highest BCUT2D eigenvalue weighted by molar-refractivity contribution is 5.99. The van der Waals surface area contributed by atoms with Crippen molar-refractivity contribution >= 4 is 17.2 Å². The maximum Gasteiger partial charge on any atom is 0.280 e. The first kappa shape index (κ1) is 15.5. The fourth-order valence-electron chi connectivity index (χ4n) is 2.99. The Morgan fingerprint density at radius 2 is 2.14 bits per heavy atom. The fourth-order valence-corrected chi connectivity index (χ4v) is 2.99. The average molecular weight is 290 g/mol. The lowest BCUT2D eigenvalue weighted by molar-refractivity contribution is -0.385. The monoisotopic (exact) mass is 290 g/mol. The van der Waals surface area contributed by atoms with Crippen LogP contribution in [0.4, 0.5) is 11.4 Å². The molecule has 5 nitrogen and oxygen atoms in total. The Morgan fingerprint density at radius 1 is 1.38 bits per heavy atom. The Hall–Kier alpha value is -1.91. The van der Waals surface area contributed by atoms with Crippen LogP contribution in [-0.2, 0) is 0 Å². The third kappa shape index (κ3) is 3.60. The maximum atomic E-state index is 11.6. The Kier molecular flexibility index (Phi) is 4.94. The van der Waals surface area contributed by atoms with E-state index >= 15 is 0 Å². The van der Waals surface area contributed by atoms with Gasteiger partial charge in [-0.15, -0.1) is 0 Å². The van der Waals surface area contributed by atoms with E-state index in [0.717, 1.165) is 37.5 Å². The number of Topliss-reactive ketones (excluding diaryl/α,β-unsaturated/α-hetero) is 1. The summed E-state index contributed by atoms with van der Waals surface area (Å²) in [6.07, 6.45) is 4.71. The normalized spacial score (nSPS) is 19.1. The lowest BCUT2D eigenvalue weighted by atomic mass is 9.98. The summed E-state index contributed by atoms with van der Waals surface area (Å²) in [5, 5.41) is 11.0. The number of nitro benzene ring substituents is 1. The Balaban J connectivity index is 2.26.